The van der Waals surface area contributed by atoms with Crippen molar-refractivity contribution in [2.24, 2.45) is 50.7 Å². The summed E-state index contributed by atoms with van der Waals surface area (Å²) in [7, 11) is 0. The molecule has 1 amide bonds. The summed E-state index contributed by atoms with van der Waals surface area (Å²) in [5, 5.41) is 9.83. The lowest BCUT2D eigenvalue weighted by atomic mass is 9.34. The van der Waals surface area contributed by atoms with Gasteiger partial charge in [-0.1, -0.05) is 53.2 Å². The van der Waals surface area contributed by atoms with Crippen LogP contribution in [0.1, 0.15) is 106 Å². The molecule has 5 nitrogen and oxygen atoms in total. The van der Waals surface area contributed by atoms with Crippen molar-refractivity contribution in [1.29, 1.82) is 5.26 Å². The molecule has 1 saturated heterocycles. The van der Waals surface area contributed by atoms with Crippen LogP contribution < -0.4 is 0 Å². The number of ketones is 2. The number of allylic oxidation sites excluding steroid dienone is 4. The predicted molar refractivity (Wildman–Crippen MR) is 155 cm³/mol. The average molecular weight is 545 g/mol. The number of carbonyl (C=O) groups is 3. The van der Waals surface area contributed by atoms with Crippen molar-refractivity contribution in [3.05, 3.63) is 23.3 Å². The second-order valence-corrected chi connectivity index (χ2v) is 16.0. The fraction of sp³-hybridized carbons (Fsp3) is 0.771. The number of nitriles is 1. The Morgan fingerprint density at radius 1 is 1.02 bits per heavy atom. The smallest absolute Gasteiger partial charge is 0.222 e. The van der Waals surface area contributed by atoms with Crippen LogP contribution in [0.5, 0.6) is 0 Å². The van der Waals surface area contributed by atoms with Crippen LogP contribution in [-0.2, 0) is 14.4 Å². The lowest BCUT2D eigenvalue weighted by Crippen LogP contribution is -2.64. The first kappa shape index (κ1) is 27.9. The second-order valence-electron chi connectivity index (χ2n) is 16.0. The first-order valence-corrected chi connectivity index (χ1v) is 15.9. The van der Waals surface area contributed by atoms with Crippen molar-refractivity contribution >= 4 is 17.5 Å². The second kappa shape index (κ2) is 8.89. The molecule has 3 saturated carbocycles. The van der Waals surface area contributed by atoms with Crippen molar-refractivity contribution in [3.8, 4) is 6.07 Å². The minimum Gasteiger partial charge on any atom is -0.343 e. The highest BCUT2D eigenvalue weighted by Gasteiger charge is 2.68. The molecule has 0 radical (unpaired) electrons. The third kappa shape index (κ3) is 3.66. The molecule has 40 heavy (non-hydrogen) atoms. The van der Waals surface area contributed by atoms with Crippen LogP contribution in [0.4, 0.5) is 0 Å². The summed E-state index contributed by atoms with van der Waals surface area (Å²) >= 11 is 0. The first-order chi connectivity index (χ1) is 18.7. The number of carbonyl (C=O) groups excluding carboxylic acids is 3. The number of likely N-dealkylation sites (tertiary alicyclic amines) is 1. The van der Waals surface area contributed by atoms with E-state index in [1.165, 1.54) is 5.57 Å². The van der Waals surface area contributed by atoms with Crippen molar-refractivity contribution < 1.29 is 14.4 Å². The molecule has 4 fully saturated rings. The normalized spacial score (nSPS) is 45.5. The van der Waals surface area contributed by atoms with Crippen molar-refractivity contribution in [2.45, 2.75) is 106 Å². The zero-order valence-electron chi connectivity index (χ0n) is 25.6. The molecule has 216 valence electrons. The van der Waals surface area contributed by atoms with Crippen LogP contribution in [0.3, 0.4) is 0 Å². The molecule has 1 aliphatic heterocycles. The number of hydrogen-bond acceptors (Lipinski definition) is 4. The van der Waals surface area contributed by atoms with E-state index >= 15 is 0 Å². The Hall–Kier alpha value is -2.22. The lowest BCUT2D eigenvalue weighted by Gasteiger charge is -2.69. The Labute approximate surface area is 240 Å². The summed E-state index contributed by atoms with van der Waals surface area (Å²) < 4.78 is 0. The van der Waals surface area contributed by atoms with Gasteiger partial charge in [0.1, 0.15) is 6.07 Å². The minimum absolute atomic E-state index is 0.0416. The Morgan fingerprint density at radius 2 is 1.73 bits per heavy atom. The summed E-state index contributed by atoms with van der Waals surface area (Å²) in [5.41, 5.74) is 0.859. The van der Waals surface area contributed by atoms with E-state index in [0.29, 0.717) is 12.3 Å². The lowest BCUT2D eigenvalue weighted by molar-refractivity contribution is -0.172. The topological polar surface area (TPSA) is 78.2 Å². The number of rotatable bonds is 3. The number of nitrogens with zero attached hydrogens (tertiary/aromatic N) is 2. The summed E-state index contributed by atoms with van der Waals surface area (Å²) in [6.45, 7) is 15.5. The number of amides is 1. The van der Waals surface area contributed by atoms with Gasteiger partial charge in [-0.15, -0.1) is 0 Å². The van der Waals surface area contributed by atoms with Crippen molar-refractivity contribution in [2.75, 3.05) is 13.1 Å². The van der Waals surface area contributed by atoms with E-state index in [1.807, 2.05) is 24.0 Å². The summed E-state index contributed by atoms with van der Waals surface area (Å²) in [6, 6.07) is 2.19. The van der Waals surface area contributed by atoms with Crippen molar-refractivity contribution in [1.82, 2.24) is 4.90 Å². The molecule has 0 N–H and O–H groups in total. The van der Waals surface area contributed by atoms with E-state index in [9.17, 15) is 19.6 Å². The number of Topliss-reactive ketones (excluding diaryl/α,β-unsaturated/α-hetero) is 1. The van der Waals surface area contributed by atoms with E-state index in [2.05, 4.69) is 40.7 Å². The highest BCUT2D eigenvalue weighted by molar-refractivity contribution is 6.02. The van der Waals surface area contributed by atoms with Gasteiger partial charge in [-0.3, -0.25) is 14.4 Å². The highest BCUT2D eigenvalue weighted by Crippen LogP contribution is 2.74. The van der Waals surface area contributed by atoms with Gasteiger partial charge >= 0.3 is 0 Å². The van der Waals surface area contributed by atoms with Gasteiger partial charge in [0.15, 0.2) is 11.6 Å². The molecule has 0 spiro atoms. The van der Waals surface area contributed by atoms with Crippen LogP contribution >= 0.6 is 0 Å². The zero-order valence-corrected chi connectivity index (χ0v) is 25.6. The van der Waals surface area contributed by atoms with Crippen molar-refractivity contribution in [3.63, 3.8) is 0 Å². The molecule has 0 aromatic heterocycles. The highest BCUT2D eigenvalue weighted by atomic mass is 16.2. The summed E-state index contributed by atoms with van der Waals surface area (Å²) in [4.78, 5) is 42.5. The zero-order chi connectivity index (χ0) is 28.9. The fourth-order valence-corrected chi connectivity index (χ4v) is 10.9. The maximum absolute atomic E-state index is 14.6. The quantitative estimate of drug-likeness (QED) is 0.390. The minimum atomic E-state index is -0.459. The van der Waals surface area contributed by atoms with Gasteiger partial charge in [-0.25, -0.2) is 0 Å². The molecular weight excluding hydrogens is 496 g/mol. The largest absolute Gasteiger partial charge is 0.343 e. The van der Waals surface area contributed by atoms with Gasteiger partial charge in [-0.2, -0.15) is 5.26 Å². The summed E-state index contributed by atoms with van der Waals surface area (Å²) in [6.07, 6.45) is 13.9. The fourth-order valence-electron chi connectivity index (χ4n) is 10.9. The third-order valence-electron chi connectivity index (χ3n) is 13.7. The Kier molecular flexibility index (Phi) is 6.21. The van der Waals surface area contributed by atoms with Gasteiger partial charge in [0, 0.05) is 36.8 Å². The van der Waals surface area contributed by atoms with E-state index in [-0.39, 0.29) is 62.5 Å². The molecule has 0 aromatic rings. The summed E-state index contributed by atoms with van der Waals surface area (Å²) in [5.74, 6) is 0.661. The standard InChI is InChI=1S/C35H48N2O3/c1-22-24-8-10-33(5)27(32(24,4)19-23(21-36)30(22)40)18-26(38)29-25-20-31(2,3)12-14-35(25,15-13-34(29,33)6)11-9-28(39)37-16-7-17-37/h18-19,22,24-25,29H,7-17,20H2,1-6H3/t22-,24-,25-,29-,32-,33+,34+,35+/m0/s1. The van der Waals surface area contributed by atoms with Gasteiger partial charge in [-0.05, 0) is 97.4 Å². The first-order valence-electron chi connectivity index (χ1n) is 15.9. The Morgan fingerprint density at radius 3 is 2.38 bits per heavy atom. The van der Waals surface area contributed by atoms with E-state index < -0.39 is 5.41 Å². The third-order valence-corrected chi connectivity index (χ3v) is 13.7. The van der Waals surface area contributed by atoms with Crippen LogP contribution in [0, 0.1) is 62.1 Å². The van der Waals surface area contributed by atoms with Gasteiger partial charge in [0.2, 0.25) is 5.91 Å². The van der Waals surface area contributed by atoms with Crippen LogP contribution in [0.25, 0.3) is 0 Å². The molecule has 6 aliphatic rings. The number of hydrogen-bond donors (Lipinski definition) is 0. The molecule has 1 heterocycles. The molecule has 5 heteroatoms. The molecular formula is C35H48N2O3. The predicted octanol–water partition coefficient (Wildman–Crippen LogP) is 6.83. The maximum Gasteiger partial charge on any atom is 0.222 e. The van der Waals surface area contributed by atoms with Crippen LogP contribution in [0.2, 0.25) is 0 Å². The van der Waals surface area contributed by atoms with E-state index in [1.54, 1.807) is 0 Å². The van der Waals surface area contributed by atoms with Crippen LogP contribution in [-0.4, -0.2) is 35.5 Å². The molecule has 5 aliphatic carbocycles. The molecule has 0 aromatic carbocycles. The van der Waals surface area contributed by atoms with Crippen LogP contribution in [0.15, 0.2) is 23.3 Å². The monoisotopic (exact) mass is 544 g/mol. The Balaban J connectivity index is 1.42. The average Bonchev–Trinajstić information content (AvgIpc) is 2.85. The maximum atomic E-state index is 14.6. The SMILES string of the molecule is C[C@@H]1C(=O)C(C#N)=C[C@]2(C)C3=CC(=O)[C@@H]4[C@@H]5CC(C)(C)CC[C@]5(CCC(=O)N5CCC5)CC[C@@]4(C)[C@]3(C)CC[C@@H]12. The van der Waals surface area contributed by atoms with E-state index in [4.69, 9.17) is 0 Å². The Bertz CT molecular complexity index is 1270. The molecule has 0 unspecified atom stereocenters. The molecule has 6 rings (SSSR count). The van der Waals surface area contributed by atoms with E-state index in [0.717, 1.165) is 70.9 Å². The van der Waals surface area contributed by atoms with Gasteiger partial charge in [0.25, 0.3) is 0 Å². The molecule has 8 atom stereocenters. The number of fused-ring (bicyclic) bond motifs is 7. The van der Waals surface area contributed by atoms with Gasteiger partial charge in [0.05, 0.1) is 5.57 Å². The van der Waals surface area contributed by atoms with Gasteiger partial charge < -0.3 is 4.90 Å². The molecule has 0 bridgehead atoms.